The minimum Gasteiger partial charge on any atom is -0.294 e. The summed E-state index contributed by atoms with van der Waals surface area (Å²) in [6.07, 6.45) is 5.26. The Kier molecular flexibility index (Phi) is 1.68. The van der Waals surface area contributed by atoms with Gasteiger partial charge in [0.15, 0.2) is 5.78 Å². The van der Waals surface area contributed by atoms with Gasteiger partial charge in [-0.05, 0) is 62.9 Å². The lowest BCUT2D eigenvalue weighted by atomic mass is 9.68. The van der Waals surface area contributed by atoms with Crippen LogP contribution in [0.25, 0.3) is 0 Å². The second-order valence-corrected chi connectivity index (χ2v) is 5.46. The number of carbonyl (C=O) groups excluding carboxylic acids is 1. The summed E-state index contributed by atoms with van der Waals surface area (Å²) in [5.41, 5.74) is 2.51. The molecule has 76 valence electrons. The molecule has 3 aliphatic rings. The number of carbonyl (C=O) groups is 1. The van der Waals surface area contributed by atoms with Crippen molar-refractivity contribution >= 4 is 5.78 Å². The van der Waals surface area contributed by atoms with Gasteiger partial charge in [-0.15, -0.1) is 0 Å². The van der Waals surface area contributed by atoms with E-state index in [1.807, 2.05) is 6.92 Å². The number of rotatable bonds is 0. The van der Waals surface area contributed by atoms with Crippen LogP contribution in [0.5, 0.6) is 0 Å². The summed E-state index contributed by atoms with van der Waals surface area (Å²) in [5.74, 6) is 3.26. The lowest BCUT2D eigenvalue weighted by molar-refractivity contribution is -0.121. The molecule has 2 saturated carbocycles. The summed E-state index contributed by atoms with van der Waals surface area (Å²) in [7, 11) is 0. The Labute approximate surface area is 85.6 Å². The van der Waals surface area contributed by atoms with Crippen molar-refractivity contribution in [2.75, 3.05) is 0 Å². The molecule has 0 aliphatic heterocycles. The third-order valence-electron chi connectivity index (χ3n) is 4.97. The van der Waals surface area contributed by atoms with Gasteiger partial charge in [-0.25, -0.2) is 0 Å². The van der Waals surface area contributed by atoms with E-state index in [2.05, 4.69) is 6.92 Å². The second-order valence-electron chi connectivity index (χ2n) is 5.46. The molecule has 2 bridgehead atoms. The molecule has 3 rings (SSSR count). The first-order valence-corrected chi connectivity index (χ1v) is 5.90. The number of hydrogen-bond acceptors (Lipinski definition) is 1. The Morgan fingerprint density at radius 3 is 2.64 bits per heavy atom. The highest BCUT2D eigenvalue weighted by Gasteiger charge is 2.49. The summed E-state index contributed by atoms with van der Waals surface area (Å²) in [6.45, 7) is 4.23. The van der Waals surface area contributed by atoms with Gasteiger partial charge >= 0.3 is 0 Å². The van der Waals surface area contributed by atoms with E-state index in [0.29, 0.717) is 11.7 Å². The standard InChI is InChI=1S/C13H18O/c1-7-8(2)13(14)12-6-9-3-4-10(7)11(12)5-9/h9-12H,3-6H2,1-2H3. The van der Waals surface area contributed by atoms with Gasteiger partial charge in [0, 0.05) is 5.92 Å². The largest absolute Gasteiger partial charge is 0.294 e. The number of fused-ring (bicyclic) bond motifs is 1. The van der Waals surface area contributed by atoms with Crippen molar-refractivity contribution in [2.45, 2.75) is 39.5 Å². The van der Waals surface area contributed by atoms with E-state index in [9.17, 15) is 4.79 Å². The maximum Gasteiger partial charge on any atom is 0.161 e. The van der Waals surface area contributed by atoms with Crippen molar-refractivity contribution in [2.24, 2.45) is 23.7 Å². The van der Waals surface area contributed by atoms with Crippen LogP contribution in [0.3, 0.4) is 0 Å². The molecular weight excluding hydrogens is 172 g/mol. The maximum absolute atomic E-state index is 12.1. The Bertz CT molecular complexity index is 326. The Morgan fingerprint density at radius 1 is 1.07 bits per heavy atom. The average molecular weight is 190 g/mol. The first kappa shape index (κ1) is 8.70. The summed E-state index contributed by atoms with van der Waals surface area (Å²) < 4.78 is 0. The van der Waals surface area contributed by atoms with E-state index < -0.39 is 0 Å². The van der Waals surface area contributed by atoms with Crippen LogP contribution < -0.4 is 0 Å². The normalized spacial score (nSPS) is 46.0. The molecule has 0 aromatic carbocycles. The number of Topliss-reactive ketones (excluding diaryl/α,β-unsaturated/α-hetero) is 1. The number of ketones is 1. The Morgan fingerprint density at radius 2 is 1.86 bits per heavy atom. The lowest BCUT2D eigenvalue weighted by Gasteiger charge is -2.36. The van der Waals surface area contributed by atoms with Crippen LogP contribution in [-0.4, -0.2) is 5.78 Å². The minimum absolute atomic E-state index is 0.413. The summed E-state index contributed by atoms with van der Waals surface area (Å²) >= 11 is 0. The molecule has 0 radical (unpaired) electrons. The first-order chi connectivity index (χ1) is 6.68. The highest BCUT2D eigenvalue weighted by Crippen LogP contribution is 2.54. The minimum atomic E-state index is 0.413. The fraction of sp³-hybridized carbons (Fsp3) is 0.769. The van der Waals surface area contributed by atoms with Gasteiger partial charge < -0.3 is 0 Å². The van der Waals surface area contributed by atoms with E-state index in [1.54, 1.807) is 0 Å². The zero-order chi connectivity index (χ0) is 9.87. The SMILES string of the molecule is CC1=C(C)C2CCC3CC(C1=O)C2C3. The molecule has 0 aromatic rings. The van der Waals surface area contributed by atoms with Crippen LogP contribution in [0.2, 0.25) is 0 Å². The molecule has 1 heteroatoms. The van der Waals surface area contributed by atoms with Crippen molar-refractivity contribution in [1.82, 2.24) is 0 Å². The maximum atomic E-state index is 12.1. The molecule has 2 fully saturated rings. The van der Waals surface area contributed by atoms with Crippen molar-refractivity contribution in [3.05, 3.63) is 11.1 Å². The van der Waals surface area contributed by atoms with Crippen molar-refractivity contribution < 1.29 is 4.79 Å². The molecule has 0 N–H and O–H groups in total. The molecule has 0 heterocycles. The van der Waals surface area contributed by atoms with E-state index in [1.165, 1.54) is 31.3 Å². The van der Waals surface area contributed by atoms with E-state index >= 15 is 0 Å². The van der Waals surface area contributed by atoms with Gasteiger partial charge in [0.2, 0.25) is 0 Å². The van der Waals surface area contributed by atoms with Crippen LogP contribution in [0, 0.1) is 23.7 Å². The first-order valence-electron chi connectivity index (χ1n) is 5.90. The van der Waals surface area contributed by atoms with Gasteiger partial charge in [-0.3, -0.25) is 4.79 Å². The van der Waals surface area contributed by atoms with E-state index in [0.717, 1.165) is 23.3 Å². The zero-order valence-corrected chi connectivity index (χ0v) is 9.05. The quantitative estimate of drug-likeness (QED) is 0.574. The number of hydrogen-bond donors (Lipinski definition) is 0. The van der Waals surface area contributed by atoms with E-state index in [4.69, 9.17) is 0 Å². The lowest BCUT2D eigenvalue weighted by Crippen LogP contribution is -2.33. The number of allylic oxidation sites excluding steroid dienone is 2. The van der Waals surface area contributed by atoms with Crippen LogP contribution in [0.4, 0.5) is 0 Å². The summed E-state index contributed by atoms with van der Waals surface area (Å²) in [6, 6.07) is 0. The van der Waals surface area contributed by atoms with Gasteiger partial charge in [0.1, 0.15) is 0 Å². The van der Waals surface area contributed by atoms with E-state index in [-0.39, 0.29) is 0 Å². The van der Waals surface area contributed by atoms with Crippen molar-refractivity contribution in [1.29, 1.82) is 0 Å². The molecule has 0 spiro atoms. The molecule has 0 saturated heterocycles. The smallest absolute Gasteiger partial charge is 0.161 e. The average Bonchev–Trinajstić information content (AvgIpc) is 2.54. The van der Waals surface area contributed by atoms with Crippen molar-refractivity contribution in [3.8, 4) is 0 Å². The Balaban J connectivity index is 2.08. The van der Waals surface area contributed by atoms with Crippen LogP contribution in [0.1, 0.15) is 39.5 Å². The molecule has 4 unspecified atom stereocenters. The summed E-state index contributed by atoms with van der Waals surface area (Å²) in [4.78, 5) is 12.1. The molecule has 0 amide bonds. The van der Waals surface area contributed by atoms with Crippen LogP contribution >= 0.6 is 0 Å². The van der Waals surface area contributed by atoms with Crippen LogP contribution in [-0.2, 0) is 4.79 Å². The van der Waals surface area contributed by atoms with Crippen LogP contribution in [0.15, 0.2) is 11.1 Å². The summed E-state index contributed by atoms with van der Waals surface area (Å²) in [5, 5.41) is 0. The predicted molar refractivity (Wildman–Crippen MR) is 55.8 cm³/mol. The molecule has 14 heavy (non-hydrogen) atoms. The fourth-order valence-corrected chi connectivity index (χ4v) is 4.08. The highest BCUT2D eigenvalue weighted by atomic mass is 16.1. The Hall–Kier alpha value is -0.590. The topological polar surface area (TPSA) is 17.1 Å². The molecule has 1 nitrogen and oxygen atoms in total. The van der Waals surface area contributed by atoms with Gasteiger partial charge in [0.05, 0.1) is 0 Å². The fourth-order valence-electron chi connectivity index (χ4n) is 4.08. The van der Waals surface area contributed by atoms with Gasteiger partial charge in [-0.1, -0.05) is 5.57 Å². The third-order valence-corrected chi connectivity index (χ3v) is 4.97. The zero-order valence-electron chi connectivity index (χ0n) is 9.05. The van der Waals surface area contributed by atoms with Gasteiger partial charge in [0.25, 0.3) is 0 Å². The van der Waals surface area contributed by atoms with Crippen molar-refractivity contribution in [3.63, 3.8) is 0 Å². The second kappa shape index (κ2) is 2.71. The predicted octanol–water partition coefficient (Wildman–Crippen LogP) is 2.96. The monoisotopic (exact) mass is 190 g/mol. The molecule has 4 atom stereocenters. The molecular formula is C13H18O. The third kappa shape index (κ3) is 0.933. The van der Waals surface area contributed by atoms with Gasteiger partial charge in [-0.2, -0.15) is 0 Å². The highest BCUT2D eigenvalue weighted by molar-refractivity contribution is 5.98. The molecule has 0 aromatic heterocycles. The molecule has 3 aliphatic carbocycles.